The van der Waals surface area contributed by atoms with Crippen LogP contribution < -0.4 is 10.6 Å². The number of carbonyl (C=O) groups is 1. The van der Waals surface area contributed by atoms with Crippen molar-refractivity contribution in [2.75, 3.05) is 11.8 Å². The van der Waals surface area contributed by atoms with E-state index in [1.165, 1.54) is 23.5 Å². The van der Waals surface area contributed by atoms with Crippen molar-refractivity contribution in [3.05, 3.63) is 48.5 Å². The molecule has 26 heavy (non-hydrogen) atoms. The molecule has 0 unspecified atom stereocenters. The summed E-state index contributed by atoms with van der Waals surface area (Å²) < 4.78 is 4.23. The fraction of sp³-hybridized carbons (Fsp3) is 0.118. The SMILES string of the molecule is O=C(NCSc1nc2ccccc2s1)NCSc1nc2ccccc2s1. The Bertz CT molecular complexity index is 897. The molecule has 2 amide bonds. The molecule has 4 aromatic rings. The van der Waals surface area contributed by atoms with E-state index in [0.29, 0.717) is 11.8 Å². The number of fused-ring (bicyclic) bond motifs is 2. The van der Waals surface area contributed by atoms with Gasteiger partial charge in [-0.2, -0.15) is 0 Å². The quantitative estimate of drug-likeness (QED) is 0.340. The number of benzene rings is 2. The average molecular weight is 419 g/mol. The summed E-state index contributed by atoms with van der Waals surface area (Å²) in [5.74, 6) is 0.967. The first-order valence-corrected chi connectivity index (χ1v) is 11.4. The highest BCUT2D eigenvalue weighted by Crippen LogP contribution is 2.29. The number of aromatic nitrogens is 2. The Balaban J connectivity index is 1.20. The Morgan fingerprint density at radius 1 is 0.808 bits per heavy atom. The van der Waals surface area contributed by atoms with E-state index < -0.39 is 0 Å². The van der Waals surface area contributed by atoms with E-state index in [1.807, 2.05) is 36.4 Å². The fourth-order valence-electron chi connectivity index (χ4n) is 2.21. The van der Waals surface area contributed by atoms with Gasteiger partial charge in [-0.25, -0.2) is 14.8 Å². The molecule has 2 heterocycles. The van der Waals surface area contributed by atoms with Crippen LogP contribution in [0.2, 0.25) is 0 Å². The van der Waals surface area contributed by atoms with Crippen LogP contribution in [0.25, 0.3) is 20.4 Å². The maximum atomic E-state index is 11.9. The first-order chi connectivity index (χ1) is 12.8. The van der Waals surface area contributed by atoms with E-state index in [4.69, 9.17) is 0 Å². The molecule has 0 bridgehead atoms. The number of hydrogen-bond acceptors (Lipinski definition) is 7. The first-order valence-electron chi connectivity index (χ1n) is 7.76. The van der Waals surface area contributed by atoms with Gasteiger partial charge in [0.2, 0.25) is 0 Å². The lowest BCUT2D eigenvalue weighted by molar-refractivity contribution is 0.244. The van der Waals surface area contributed by atoms with Crippen LogP contribution in [0, 0.1) is 0 Å². The highest BCUT2D eigenvalue weighted by atomic mass is 32.2. The number of rotatable bonds is 6. The summed E-state index contributed by atoms with van der Waals surface area (Å²) in [5.41, 5.74) is 1.99. The summed E-state index contributed by atoms with van der Waals surface area (Å²) in [5, 5.41) is 5.68. The van der Waals surface area contributed by atoms with E-state index in [0.717, 1.165) is 29.1 Å². The van der Waals surface area contributed by atoms with Gasteiger partial charge in [0, 0.05) is 0 Å². The maximum absolute atomic E-state index is 11.9. The highest BCUT2D eigenvalue weighted by Gasteiger charge is 2.07. The van der Waals surface area contributed by atoms with Crippen molar-refractivity contribution < 1.29 is 4.79 Å². The van der Waals surface area contributed by atoms with Gasteiger partial charge in [-0.3, -0.25) is 0 Å². The van der Waals surface area contributed by atoms with Crippen molar-refractivity contribution >= 4 is 72.7 Å². The molecule has 2 N–H and O–H groups in total. The third-order valence-corrected chi connectivity index (χ3v) is 7.53. The molecule has 0 atom stereocenters. The molecule has 0 aliphatic heterocycles. The van der Waals surface area contributed by atoms with Crippen molar-refractivity contribution in [2.45, 2.75) is 8.68 Å². The van der Waals surface area contributed by atoms with E-state index >= 15 is 0 Å². The Morgan fingerprint density at radius 3 is 1.73 bits per heavy atom. The Kier molecular flexibility index (Phi) is 5.59. The minimum absolute atomic E-state index is 0.188. The monoisotopic (exact) mass is 418 g/mol. The number of urea groups is 1. The van der Waals surface area contributed by atoms with Crippen molar-refractivity contribution in [1.29, 1.82) is 0 Å². The zero-order valence-corrected chi connectivity index (χ0v) is 16.7. The normalized spacial score (nSPS) is 11.1. The number of nitrogens with zero attached hydrogens (tertiary/aromatic N) is 2. The molecule has 4 rings (SSSR count). The summed E-state index contributed by atoms with van der Waals surface area (Å²) in [4.78, 5) is 20.9. The summed E-state index contributed by atoms with van der Waals surface area (Å²) in [6.45, 7) is 0. The summed E-state index contributed by atoms with van der Waals surface area (Å²) in [7, 11) is 0. The molecule has 132 valence electrons. The highest BCUT2D eigenvalue weighted by molar-refractivity contribution is 8.01. The Labute approximate surface area is 166 Å². The van der Waals surface area contributed by atoms with E-state index in [2.05, 4.69) is 32.7 Å². The molecule has 9 heteroatoms. The second-order valence-electron chi connectivity index (χ2n) is 5.16. The van der Waals surface area contributed by atoms with Gasteiger partial charge in [0.15, 0.2) is 8.68 Å². The van der Waals surface area contributed by atoms with Gasteiger partial charge in [-0.1, -0.05) is 47.8 Å². The topological polar surface area (TPSA) is 66.9 Å². The number of carbonyl (C=O) groups excluding carboxylic acids is 1. The van der Waals surface area contributed by atoms with Crippen molar-refractivity contribution in [2.24, 2.45) is 0 Å². The van der Waals surface area contributed by atoms with Gasteiger partial charge < -0.3 is 10.6 Å². The molecule has 0 saturated heterocycles. The third-order valence-electron chi connectivity index (χ3n) is 3.41. The van der Waals surface area contributed by atoms with Crippen molar-refractivity contribution in [3.8, 4) is 0 Å². The lowest BCUT2D eigenvalue weighted by atomic mass is 10.3. The molecule has 0 aliphatic carbocycles. The molecule has 0 aliphatic rings. The molecule has 0 fully saturated rings. The van der Waals surface area contributed by atoms with Crippen LogP contribution in [0.1, 0.15) is 0 Å². The minimum atomic E-state index is -0.188. The number of thiazole rings is 2. The third kappa shape index (κ3) is 4.29. The van der Waals surface area contributed by atoms with E-state index in [9.17, 15) is 4.79 Å². The van der Waals surface area contributed by atoms with Gasteiger partial charge in [-0.15, -0.1) is 22.7 Å². The standard InChI is InChI=1S/C17H14N4OS4/c22-15(18-9-23-16-20-11-5-1-3-7-13(11)25-16)19-10-24-17-21-12-6-2-4-8-14(12)26-17/h1-8H,9-10H2,(H2,18,19,22). The number of para-hydroxylation sites is 2. The van der Waals surface area contributed by atoms with Gasteiger partial charge in [0.05, 0.1) is 32.2 Å². The lowest BCUT2D eigenvalue weighted by Gasteiger charge is -2.05. The van der Waals surface area contributed by atoms with Crippen molar-refractivity contribution in [1.82, 2.24) is 20.6 Å². The van der Waals surface area contributed by atoms with Gasteiger partial charge >= 0.3 is 6.03 Å². The summed E-state index contributed by atoms with van der Waals surface area (Å²) in [6.07, 6.45) is 0. The summed E-state index contributed by atoms with van der Waals surface area (Å²) in [6, 6.07) is 15.9. The average Bonchev–Trinajstić information content (AvgIpc) is 3.24. The van der Waals surface area contributed by atoms with Gasteiger partial charge in [-0.05, 0) is 24.3 Å². The smallest absolute Gasteiger partial charge is 0.316 e. The van der Waals surface area contributed by atoms with Crippen LogP contribution in [0.5, 0.6) is 0 Å². The molecule has 0 radical (unpaired) electrons. The molecule has 5 nitrogen and oxygen atoms in total. The predicted octanol–water partition coefficient (Wildman–Crippen LogP) is 5.00. The molecule has 2 aromatic carbocycles. The molecular weight excluding hydrogens is 404 g/mol. The lowest BCUT2D eigenvalue weighted by Crippen LogP contribution is -2.34. The number of amides is 2. The molecule has 0 saturated carbocycles. The second-order valence-corrected chi connectivity index (χ2v) is 9.66. The number of hydrogen-bond donors (Lipinski definition) is 2. The van der Waals surface area contributed by atoms with Crippen LogP contribution in [-0.4, -0.2) is 27.8 Å². The number of thioether (sulfide) groups is 2. The Morgan fingerprint density at radius 2 is 1.27 bits per heavy atom. The molecular formula is C17H14N4OS4. The van der Waals surface area contributed by atoms with Gasteiger partial charge in [0.1, 0.15) is 0 Å². The van der Waals surface area contributed by atoms with E-state index in [-0.39, 0.29) is 6.03 Å². The molecule has 0 spiro atoms. The zero-order chi connectivity index (χ0) is 17.8. The number of nitrogens with one attached hydrogen (secondary N) is 2. The summed E-state index contributed by atoms with van der Waals surface area (Å²) >= 11 is 6.32. The molecule has 2 aromatic heterocycles. The predicted molar refractivity (Wildman–Crippen MR) is 112 cm³/mol. The van der Waals surface area contributed by atoms with Crippen LogP contribution in [0.4, 0.5) is 4.79 Å². The minimum Gasteiger partial charge on any atom is -0.329 e. The van der Waals surface area contributed by atoms with Crippen LogP contribution in [-0.2, 0) is 0 Å². The fourth-order valence-corrected chi connectivity index (χ4v) is 5.95. The van der Waals surface area contributed by atoms with Crippen LogP contribution in [0.3, 0.4) is 0 Å². The van der Waals surface area contributed by atoms with E-state index in [1.54, 1.807) is 22.7 Å². The zero-order valence-electron chi connectivity index (χ0n) is 13.5. The largest absolute Gasteiger partial charge is 0.329 e. The second kappa shape index (κ2) is 8.26. The first kappa shape index (κ1) is 17.6. The van der Waals surface area contributed by atoms with Gasteiger partial charge in [0.25, 0.3) is 0 Å². The van der Waals surface area contributed by atoms with Crippen molar-refractivity contribution in [3.63, 3.8) is 0 Å². The maximum Gasteiger partial charge on any atom is 0.316 e. The Hall–Kier alpha value is -1.81. The van der Waals surface area contributed by atoms with Crippen LogP contribution >= 0.6 is 46.2 Å². The van der Waals surface area contributed by atoms with Crippen LogP contribution in [0.15, 0.2) is 57.2 Å².